The molecule has 0 saturated heterocycles. The van der Waals surface area contributed by atoms with Gasteiger partial charge in [0.1, 0.15) is 0 Å². The first-order valence-electron chi connectivity index (χ1n) is 14.0. The first kappa shape index (κ1) is 37.4. The number of aliphatic hydroxyl groups is 1. The van der Waals surface area contributed by atoms with Crippen molar-refractivity contribution in [2.45, 2.75) is 80.7 Å². The molecule has 2 unspecified atom stereocenters. The van der Waals surface area contributed by atoms with Gasteiger partial charge in [0.25, 0.3) is 23.0 Å². The minimum Gasteiger partial charge on any atom is -0.395 e. The van der Waals surface area contributed by atoms with Crippen LogP contribution in [0.2, 0.25) is 39.7 Å². The topological polar surface area (TPSA) is 61.0 Å². The predicted octanol–water partition coefficient (Wildman–Crippen LogP) is 11.5. The number of alkyl halides is 10. The molecule has 0 aliphatic heterocycles. The average Bonchev–Trinajstić information content (AvgIpc) is 3.46. The lowest BCUT2D eigenvalue weighted by molar-refractivity contribution is -0.345. The van der Waals surface area contributed by atoms with Crippen molar-refractivity contribution in [2.24, 2.45) is 0 Å². The van der Waals surface area contributed by atoms with Crippen LogP contribution in [0.3, 0.4) is 0 Å². The zero-order valence-electron chi connectivity index (χ0n) is 24.8. The number of aryl methyl sites for hydroxylation is 2. The molecule has 19 heteroatoms. The van der Waals surface area contributed by atoms with Crippen LogP contribution in [0.4, 0.5) is 43.9 Å². The average molecular weight is 792 g/mol. The van der Waals surface area contributed by atoms with Crippen LogP contribution in [0, 0.1) is 0 Å². The maximum absolute atomic E-state index is 14.8. The van der Waals surface area contributed by atoms with Crippen LogP contribution >= 0.6 is 46.4 Å². The molecular formula is C29H24Cl4F10N2O2Si. The Balaban J connectivity index is 0.000000190. The van der Waals surface area contributed by atoms with Crippen molar-refractivity contribution >= 4 is 76.5 Å². The third kappa shape index (κ3) is 5.68. The van der Waals surface area contributed by atoms with Gasteiger partial charge in [-0.15, -0.1) is 0 Å². The van der Waals surface area contributed by atoms with E-state index in [0.717, 1.165) is 0 Å². The molecule has 0 fully saturated rings. The first-order chi connectivity index (χ1) is 21.7. The minimum absolute atomic E-state index is 0.00950. The third-order valence-electron chi connectivity index (χ3n) is 8.27. The highest BCUT2D eigenvalue weighted by Crippen LogP contribution is 2.59. The molecule has 2 aromatic heterocycles. The lowest BCUT2D eigenvalue weighted by Gasteiger charge is -2.47. The lowest BCUT2D eigenvalue weighted by Crippen LogP contribution is -2.63. The molecular weight excluding hydrogens is 768 g/mol. The fourth-order valence-corrected chi connectivity index (χ4v) is 8.67. The van der Waals surface area contributed by atoms with Gasteiger partial charge in [-0.1, -0.05) is 46.4 Å². The van der Waals surface area contributed by atoms with Crippen LogP contribution in [0.15, 0.2) is 24.3 Å². The number of aromatic nitrogens is 2. The van der Waals surface area contributed by atoms with Gasteiger partial charge in [0.2, 0.25) is 0 Å². The molecule has 6 rings (SSSR count). The number of nitrogens with one attached hydrogen (secondary N) is 2. The SMILES string of the molecule is C[Si](C)(C)OC1(C(F)(F)F)c2[nH]c3c(Cl)cc(Cl)cc3c2CCC1(F)F.OC1(C(F)(F)F)c2[nH]c3c(Cl)cc(Cl)cc3c2CCC1(F)F. The van der Waals surface area contributed by atoms with Crippen LogP contribution in [0.5, 0.6) is 0 Å². The van der Waals surface area contributed by atoms with Crippen LogP contribution in [-0.4, -0.2) is 47.6 Å². The summed E-state index contributed by atoms with van der Waals surface area (Å²) in [5.41, 5.74) is -9.44. The molecule has 4 nitrogen and oxygen atoms in total. The number of rotatable bonds is 2. The van der Waals surface area contributed by atoms with E-state index in [0.29, 0.717) is 5.39 Å². The largest absolute Gasteiger partial charge is 0.429 e. The van der Waals surface area contributed by atoms with Crippen molar-refractivity contribution in [3.05, 3.63) is 66.9 Å². The highest BCUT2D eigenvalue weighted by Gasteiger charge is 2.75. The summed E-state index contributed by atoms with van der Waals surface area (Å²) < 4.78 is 145. The number of halogens is 14. The molecule has 2 atom stereocenters. The molecule has 0 bridgehead atoms. The van der Waals surface area contributed by atoms with Gasteiger partial charge in [0, 0.05) is 33.7 Å². The smallest absolute Gasteiger partial charge is 0.395 e. The summed E-state index contributed by atoms with van der Waals surface area (Å²) in [4.78, 5) is 4.72. The fourth-order valence-electron chi connectivity index (χ4n) is 6.30. The zero-order chi connectivity index (χ0) is 36.2. The van der Waals surface area contributed by atoms with Crippen LogP contribution in [0.25, 0.3) is 21.8 Å². The summed E-state index contributed by atoms with van der Waals surface area (Å²) in [6.07, 6.45) is -13.6. The number of benzene rings is 2. The Morgan fingerprint density at radius 2 is 1.10 bits per heavy atom. The lowest BCUT2D eigenvalue weighted by atomic mass is 9.79. The van der Waals surface area contributed by atoms with E-state index in [2.05, 4.69) is 9.97 Å². The molecule has 264 valence electrons. The second-order valence-electron chi connectivity index (χ2n) is 12.6. The summed E-state index contributed by atoms with van der Waals surface area (Å²) in [6, 6.07) is 5.38. The molecule has 0 amide bonds. The van der Waals surface area contributed by atoms with E-state index in [9.17, 15) is 49.0 Å². The van der Waals surface area contributed by atoms with E-state index in [1.54, 1.807) is 0 Å². The van der Waals surface area contributed by atoms with E-state index in [-0.39, 0.29) is 60.5 Å². The Kier molecular flexibility index (Phi) is 9.01. The second kappa shape index (κ2) is 11.6. The van der Waals surface area contributed by atoms with Gasteiger partial charge in [0.15, 0.2) is 8.32 Å². The molecule has 0 saturated carbocycles. The molecule has 0 spiro atoms. The maximum Gasteiger partial charge on any atom is 0.429 e. The Labute approximate surface area is 286 Å². The van der Waals surface area contributed by atoms with Gasteiger partial charge in [0.05, 0.1) is 32.5 Å². The van der Waals surface area contributed by atoms with E-state index >= 15 is 0 Å². The standard InChI is InChI=1S/C16H16Cl2F5NOSi.C13H8Cl2F5NO/c1-26(2,3)25-15(16(21,22)23)13-9(4-5-14(15,19)20)10-6-8(17)7-11(18)12(10)24-13;14-5-3-7-6-1-2-11(16,17)12(22,13(18,19)20)10(6)21-9(7)8(15)4-5/h6-7,24H,4-5H2,1-3H3;3-4,21-22H,1-2H2. The number of aromatic amines is 2. The monoisotopic (exact) mass is 790 g/mol. The Hall–Kier alpha value is -1.88. The normalized spacial score (nSPS) is 23.9. The summed E-state index contributed by atoms with van der Waals surface area (Å²) in [6.45, 7) is 4.33. The number of hydrogen-bond acceptors (Lipinski definition) is 2. The molecule has 4 aromatic rings. The highest BCUT2D eigenvalue weighted by molar-refractivity contribution is 6.69. The van der Waals surface area contributed by atoms with Crippen LogP contribution < -0.4 is 0 Å². The van der Waals surface area contributed by atoms with Gasteiger partial charge in [-0.2, -0.15) is 26.3 Å². The van der Waals surface area contributed by atoms with Crippen molar-refractivity contribution in [1.29, 1.82) is 0 Å². The maximum atomic E-state index is 14.8. The number of H-pyrrole nitrogens is 2. The summed E-state index contributed by atoms with van der Waals surface area (Å²) in [5.74, 6) is -8.48. The van der Waals surface area contributed by atoms with Crippen molar-refractivity contribution in [1.82, 2.24) is 9.97 Å². The van der Waals surface area contributed by atoms with Gasteiger partial charge >= 0.3 is 12.4 Å². The first-order valence-corrected chi connectivity index (χ1v) is 18.9. The van der Waals surface area contributed by atoms with Crippen LogP contribution in [0.1, 0.15) is 35.4 Å². The van der Waals surface area contributed by atoms with E-state index in [4.69, 9.17) is 50.8 Å². The molecule has 3 N–H and O–H groups in total. The Morgan fingerprint density at radius 1 is 0.688 bits per heavy atom. The highest BCUT2D eigenvalue weighted by atomic mass is 35.5. The molecule has 2 aliphatic carbocycles. The van der Waals surface area contributed by atoms with Crippen molar-refractivity contribution < 1.29 is 53.4 Å². The molecule has 2 aliphatic rings. The van der Waals surface area contributed by atoms with Crippen molar-refractivity contribution in [3.8, 4) is 0 Å². The van der Waals surface area contributed by atoms with Gasteiger partial charge in [-0.3, -0.25) is 0 Å². The summed E-state index contributed by atoms with van der Waals surface area (Å²) >= 11 is 23.7. The minimum atomic E-state index is -5.55. The van der Waals surface area contributed by atoms with Crippen molar-refractivity contribution in [2.75, 3.05) is 0 Å². The quantitative estimate of drug-likeness (QED) is 0.140. The Morgan fingerprint density at radius 3 is 1.52 bits per heavy atom. The third-order valence-corrected chi connectivity index (χ3v) is 10.2. The number of hydrogen-bond donors (Lipinski definition) is 3. The van der Waals surface area contributed by atoms with Gasteiger partial charge in [-0.05, 0) is 67.9 Å². The Bertz CT molecular complexity index is 1920. The van der Waals surface area contributed by atoms with E-state index in [1.165, 1.54) is 43.9 Å². The van der Waals surface area contributed by atoms with E-state index < -0.39 is 67.9 Å². The van der Waals surface area contributed by atoms with Gasteiger partial charge < -0.3 is 19.5 Å². The molecule has 48 heavy (non-hydrogen) atoms. The molecule has 0 radical (unpaired) electrons. The zero-order valence-corrected chi connectivity index (χ0v) is 28.8. The predicted molar refractivity (Wildman–Crippen MR) is 165 cm³/mol. The van der Waals surface area contributed by atoms with Gasteiger partial charge in [-0.25, -0.2) is 17.6 Å². The van der Waals surface area contributed by atoms with E-state index in [1.807, 2.05) is 0 Å². The molecule has 2 heterocycles. The summed E-state index contributed by atoms with van der Waals surface area (Å²) in [5, 5.41) is 10.8. The second-order valence-corrected chi connectivity index (χ2v) is 18.7. The van der Waals surface area contributed by atoms with Crippen molar-refractivity contribution in [3.63, 3.8) is 0 Å². The molecule has 2 aromatic carbocycles. The number of fused-ring (bicyclic) bond motifs is 6. The summed E-state index contributed by atoms with van der Waals surface area (Å²) in [7, 11) is -3.04. The fraction of sp³-hybridized carbons (Fsp3) is 0.448. The van der Waals surface area contributed by atoms with Crippen LogP contribution in [-0.2, 0) is 28.5 Å².